The molecule has 0 bridgehead atoms. The second-order valence-electron chi connectivity index (χ2n) is 11.3. The van der Waals surface area contributed by atoms with E-state index in [2.05, 4.69) is 6.92 Å². The fourth-order valence-electron chi connectivity index (χ4n) is 3.96. The average Bonchev–Trinajstić information content (AvgIpc) is 2.84. The highest BCUT2D eigenvalue weighted by molar-refractivity contribution is 7.45. The first-order valence-electron chi connectivity index (χ1n) is 15.0. The van der Waals surface area contributed by atoms with Crippen molar-refractivity contribution < 1.29 is 37.6 Å². The maximum absolute atomic E-state index is 11.9. The Morgan fingerprint density at radius 1 is 0.842 bits per heavy atom. The highest BCUT2D eigenvalue weighted by Crippen LogP contribution is 2.38. The number of unbranched alkanes of at least 4 members (excludes halogenated alkanes) is 16. The summed E-state index contributed by atoms with van der Waals surface area (Å²) >= 11 is 0. The van der Waals surface area contributed by atoms with Crippen molar-refractivity contribution in [2.45, 2.75) is 122 Å². The minimum absolute atomic E-state index is 0.0179. The second-order valence-corrected chi connectivity index (χ2v) is 12.7. The van der Waals surface area contributed by atoms with Crippen LogP contribution in [0.1, 0.15) is 116 Å². The van der Waals surface area contributed by atoms with E-state index in [1.807, 2.05) is 21.1 Å². The molecule has 0 aromatic heterocycles. The Hall–Kier alpha value is -0.760. The summed E-state index contributed by atoms with van der Waals surface area (Å²) in [6, 6.07) is 0. The van der Waals surface area contributed by atoms with Gasteiger partial charge in [-0.3, -0.25) is 4.57 Å². The third kappa shape index (κ3) is 26.8. The highest BCUT2D eigenvalue weighted by atomic mass is 31.2. The van der Waals surface area contributed by atoms with E-state index in [0.29, 0.717) is 11.0 Å². The molecule has 2 atom stereocenters. The number of nitrogens with zero attached hydrogens (tertiary/aromatic N) is 1. The summed E-state index contributed by atoms with van der Waals surface area (Å²) in [5.74, 6) is -0.629. The van der Waals surface area contributed by atoms with Gasteiger partial charge in [-0.1, -0.05) is 109 Å². The number of rotatable bonds is 27. The lowest BCUT2D eigenvalue weighted by Gasteiger charge is -2.28. The lowest BCUT2D eigenvalue weighted by Crippen LogP contribution is -2.37. The number of phosphoric ester groups is 1. The number of aliphatic hydroxyl groups excluding tert-OH is 1. The van der Waals surface area contributed by atoms with Crippen LogP contribution >= 0.6 is 7.82 Å². The minimum atomic E-state index is -4.53. The zero-order chi connectivity index (χ0) is 28.5. The summed E-state index contributed by atoms with van der Waals surface area (Å²) in [7, 11) is 1.21. The molecule has 0 aromatic carbocycles. The van der Waals surface area contributed by atoms with E-state index in [-0.39, 0.29) is 6.61 Å². The summed E-state index contributed by atoms with van der Waals surface area (Å²) < 4.78 is 27.0. The van der Waals surface area contributed by atoms with E-state index in [4.69, 9.17) is 13.8 Å². The van der Waals surface area contributed by atoms with Crippen molar-refractivity contribution in [3.8, 4) is 0 Å². The molecule has 1 N–H and O–H groups in total. The zero-order valence-corrected chi connectivity index (χ0v) is 25.8. The maximum Gasteiger partial charge on any atom is 0.330 e. The van der Waals surface area contributed by atoms with Gasteiger partial charge in [0, 0.05) is 6.08 Å². The number of phosphoric acid groups is 1. The minimum Gasteiger partial charge on any atom is -0.756 e. The number of allylic oxidation sites excluding steroid dienone is 1. The molecule has 0 aromatic rings. The van der Waals surface area contributed by atoms with Crippen LogP contribution < -0.4 is 4.89 Å². The molecule has 0 heterocycles. The topological polar surface area (TPSA) is 105 Å². The summed E-state index contributed by atoms with van der Waals surface area (Å²) in [4.78, 5) is 23.8. The molecular formula is C29H58NO7P. The lowest BCUT2D eigenvalue weighted by atomic mass is 10.0. The fourth-order valence-corrected chi connectivity index (χ4v) is 4.68. The van der Waals surface area contributed by atoms with Crippen molar-refractivity contribution in [3.05, 3.63) is 12.2 Å². The van der Waals surface area contributed by atoms with Gasteiger partial charge in [0.15, 0.2) is 0 Å². The van der Waals surface area contributed by atoms with Crippen LogP contribution in [-0.2, 0) is 23.1 Å². The van der Waals surface area contributed by atoms with Gasteiger partial charge >= 0.3 is 5.97 Å². The molecule has 0 spiro atoms. The number of quaternary nitrogens is 1. The second kappa shape index (κ2) is 24.1. The predicted molar refractivity (Wildman–Crippen MR) is 153 cm³/mol. The molecule has 9 heteroatoms. The molecule has 38 heavy (non-hydrogen) atoms. The molecule has 0 aliphatic rings. The lowest BCUT2D eigenvalue weighted by molar-refractivity contribution is -0.870. The SMILES string of the molecule is CCCCCCCCCCCCCCCCCCC=CC(=O)O[C@H](CO)COP(=O)([O-])OCC[N+](C)(C)C. The molecule has 0 aliphatic heterocycles. The van der Waals surface area contributed by atoms with Gasteiger partial charge in [-0.2, -0.15) is 0 Å². The first-order valence-corrected chi connectivity index (χ1v) is 16.4. The van der Waals surface area contributed by atoms with Crippen LogP contribution in [0.2, 0.25) is 0 Å². The van der Waals surface area contributed by atoms with Crippen LogP contribution in [0.4, 0.5) is 0 Å². The Labute approximate surface area is 233 Å². The average molecular weight is 564 g/mol. The summed E-state index contributed by atoms with van der Waals surface area (Å²) in [5.41, 5.74) is 0. The molecule has 0 saturated heterocycles. The smallest absolute Gasteiger partial charge is 0.330 e. The fraction of sp³-hybridized carbons (Fsp3) is 0.897. The van der Waals surface area contributed by atoms with E-state index < -0.39 is 33.1 Å². The van der Waals surface area contributed by atoms with E-state index in [9.17, 15) is 19.4 Å². The molecule has 1 unspecified atom stereocenters. The highest BCUT2D eigenvalue weighted by Gasteiger charge is 2.18. The number of hydrogen-bond acceptors (Lipinski definition) is 7. The monoisotopic (exact) mass is 563 g/mol. The Morgan fingerprint density at radius 2 is 1.32 bits per heavy atom. The van der Waals surface area contributed by atoms with Gasteiger partial charge < -0.3 is 28.3 Å². The molecule has 226 valence electrons. The number of carbonyl (C=O) groups excluding carboxylic acids is 1. The standard InChI is InChI=1S/C29H58NO7P/c1-5-6-7-8-9-10-11-12-13-14-15-16-17-18-19-20-21-22-23-29(32)37-28(26-31)27-36-38(33,34)35-25-24-30(2,3)4/h22-23,28,31H,5-21,24-27H2,1-4H3/t28-/m1/s1. The van der Waals surface area contributed by atoms with Gasteiger partial charge in [0.2, 0.25) is 0 Å². The van der Waals surface area contributed by atoms with Crippen molar-refractivity contribution in [2.75, 3.05) is 47.5 Å². The van der Waals surface area contributed by atoms with Crippen molar-refractivity contribution >= 4 is 13.8 Å². The number of aliphatic hydroxyl groups is 1. The number of likely N-dealkylation sites (N-methyl/N-ethyl adjacent to an activating group) is 1. The Morgan fingerprint density at radius 3 is 1.76 bits per heavy atom. The van der Waals surface area contributed by atoms with Crippen LogP contribution in [0.5, 0.6) is 0 Å². The molecule has 8 nitrogen and oxygen atoms in total. The van der Waals surface area contributed by atoms with Crippen LogP contribution in [0.3, 0.4) is 0 Å². The normalized spacial score (nSPS) is 14.6. The molecule has 0 radical (unpaired) electrons. The van der Waals surface area contributed by atoms with Crippen molar-refractivity contribution in [3.63, 3.8) is 0 Å². The van der Waals surface area contributed by atoms with E-state index in [1.54, 1.807) is 6.08 Å². The quantitative estimate of drug-likeness (QED) is 0.0411. The van der Waals surface area contributed by atoms with Crippen molar-refractivity contribution in [1.82, 2.24) is 0 Å². The van der Waals surface area contributed by atoms with Crippen LogP contribution in [0, 0.1) is 0 Å². The van der Waals surface area contributed by atoms with E-state index >= 15 is 0 Å². The van der Waals surface area contributed by atoms with Crippen LogP contribution in [0.15, 0.2) is 12.2 Å². The summed E-state index contributed by atoms with van der Waals surface area (Å²) in [5, 5.41) is 9.37. The molecular weight excluding hydrogens is 505 g/mol. The van der Waals surface area contributed by atoms with Gasteiger partial charge in [-0.15, -0.1) is 0 Å². The van der Waals surface area contributed by atoms with Gasteiger partial charge in [-0.05, 0) is 12.8 Å². The summed E-state index contributed by atoms with van der Waals surface area (Å²) in [6.07, 6.45) is 23.9. The third-order valence-corrected chi connectivity index (χ3v) is 7.36. The number of carbonyl (C=O) groups is 1. The Kier molecular flexibility index (Phi) is 23.6. The third-order valence-electron chi connectivity index (χ3n) is 6.39. The van der Waals surface area contributed by atoms with Crippen molar-refractivity contribution in [2.24, 2.45) is 0 Å². The zero-order valence-electron chi connectivity index (χ0n) is 24.9. The largest absolute Gasteiger partial charge is 0.756 e. The molecule has 0 amide bonds. The van der Waals surface area contributed by atoms with E-state index in [0.717, 1.165) is 19.3 Å². The maximum atomic E-state index is 11.9. The predicted octanol–water partition coefficient (Wildman–Crippen LogP) is 6.31. The Balaban J connectivity index is 3.69. The summed E-state index contributed by atoms with van der Waals surface area (Å²) in [6.45, 7) is 1.70. The molecule has 0 aliphatic carbocycles. The van der Waals surface area contributed by atoms with E-state index in [1.165, 1.54) is 96.0 Å². The first-order chi connectivity index (χ1) is 18.1. The van der Waals surface area contributed by atoms with Gasteiger partial charge in [0.25, 0.3) is 7.82 Å². The van der Waals surface area contributed by atoms with Gasteiger partial charge in [0.1, 0.15) is 19.3 Å². The first kappa shape index (κ1) is 37.2. The number of ether oxygens (including phenoxy) is 1. The van der Waals surface area contributed by atoms with Gasteiger partial charge in [0.05, 0.1) is 34.4 Å². The molecule has 0 rings (SSSR count). The van der Waals surface area contributed by atoms with Crippen molar-refractivity contribution in [1.29, 1.82) is 0 Å². The Bertz CT molecular complexity index is 637. The molecule has 0 saturated carbocycles. The van der Waals surface area contributed by atoms with Crippen LogP contribution in [-0.4, -0.2) is 69.2 Å². The molecule has 0 fully saturated rings. The number of hydrogen-bond donors (Lipinski definition) is 1. The van der Waals surface area contributed by atoms with Gasteiger partial charge in [-0.25, -0.2) is 4.79 Å². The van der Waals surface area contributed by atoms with Crippen LogP contribution in [0.25, 0.3) is 0 Å². The number of esters is 1.